The Labute approximate surface area is 251 Å². The number of likely N-dealkylation sites (N-methyl/N-ethyl adjacent to an activating group) is 2. The second-order valence-corrected chi connectivity index (χ2v) is 9.56. The highest BCUT2D eigenvalue weighted by molar-refractivity contribution is 5.95. The molecular formula is C27H34N4O13. The van der Waals surface area contributed by atoms with Gasteiger partial charge in [0.25, 0.3) is 0 Å². The number of anilines is 1. The lowest BCUT2D eigenvalue weighted by Gasteiger charge is -2.30. The molecule has 1 aliphatic rings. The minimum Gasteiger partial charge on any atom is -0.507 e. The lowest BCUT2D eigenvalue weighted by atomic mass is 10.1. The van der Waals surface area contributed by atoms with Crippen molar-refractivity contribution < 1.29 is 58.7 Å². The third-order valence-electron chi connectivity index (χ3n) is 6.29. The SMILES string of the molecule is C.CN(CCN(C)C(=O)OCc1ccc(OC2CC(O)CC(C(=O)O)O2)c([N+](=O)[O-])c1)C(=O)Nc1ccc(O)c(C(=O)O)c1. The quantitative estimate of drug-likeness (QED) is 0.138. The smallest absolute Gasteiger partial charge is 0.409 e. The van der Waals surface area contributed by atoms with Gasteiger partial charge in [0.05, 0.1) is 11.0 Å². The summed E-state index contributed by atoms with van der Waals surface area (Å²) >= 11 is 0. The average Bonchev–Trinajstić information content (AvgIpc) is 2.95. The number of nitro benzene ring substituents is 1. The summed E-state index contributed by atoms with van der Waals surface area (Å²) in [6.07, 6.45) is -4.62. The number of hydrogen-bond donors (Lipinski definition) is 5. The second-order valence-electron chi connectivity index (χ2n) is 9.56. The van der Waals surface area contributed by atoms with Crippen LogP contribution < -0.4 is 10.1 Å². The van der Waals surface area contributed by atoms with Crippen LogP contribution in [0, 0.1) is 10.1 Å². The third-order valence-corrected chi connectivity index (χ3v) is 6.29. The van der Waals surface area contributed by atoms with E-state index in [1.807, 2.05) is 0 Å². The van der Waals surface area contributed by atoms with Gasteiger partial charge in [-0.1, -0.05) is 13.5 Å². The van der Waals surface area contributed by atoms with E-state index < -0.39 is 58.9 Å². The van der Waals surface area contributed by atoms with Crippen LogP contribution in [0.4, 0.5) is 21.0 Å². The normalized spacial score (nSPS) is 17.4. The number of nitrogens with one attached hydrogen (secondary N) is 1. The summed E-state index contributed by atoms with van der Waals surface area (Å²) in [6, 6.07) is 6.71. The first-order chi connectivity index (χ1) is 20.2. The minimum atomic E-state index is -1.37. The van der Waals surface area contributed by atoms with Crippen molar-refractivity contribution in [3.63, 3.8) is 0 Å². The van der Waals surface area contributed by atoms with Gasteiger partial charge < -0.3 is 49.8 Å². The van der Waals surface area contributed by atoms with E-state index in [9.17, 15) is 39.5 Å². The zero-order chi connectivity index (χ0) is 31.8. The summed E-state index contributed by atoms with van der Waals surface area (Å²) in [7, 11) is 2.85. The number of carboxylic acid groups (broad SMARTS) is 2. The van der Waals surface area contributed by atoms with E-state index in [0.29, 0.717) is 0 Å². The van der Waals surface area contributed by atoms with Crippen LogP contribution in [0.1, 0.15) is 36.2 Å². The van der Waals surface area contributed by atoms with Crippen LogP contribution in [0.5, 0.6) is 11.5 Å². The van der Waals surface area contributed by atoms with Crippen molar-refractivity contribution in [1.29, 1.82) is 0 Å². The van der Waals surface area contributed by atoms with Gasteiger partial charge in [-0.15, -0.1) is 0 Å². The molecule has 1 aliphatic heterocycles. The first kappa shape index (κ1) is 35.0. The van der Waals surface area contributed by atoms with E-state index >= 15 is 0 Å². The lowest BCUT2D eigenvalue weighted by molar-refractivity contribution is -0.386. The fourth-order valence-corrected chi connectivity index (χ4v) is 3.88. The molecule has 44 heavy (non-hydrogen) atoms. The van der Waals surface area contributed by atoms with Crippen LogP contribution in [0.25, 0.3) is 0 Å². The van der Waals surface area contributed by atoms with E-state index in [0.717, 1.165) is 18.2 Å². The van der Waals surface area contributed by atoms with E-state index in [4.69, 9.17) is 24.4 Å². The number of aromatic carboxylic acids is 1. The largest absolute Gasteiger partial charge is 0.507 e. The van der Waals surface area contributed by atoms with Gasteiger partial charge in [0.2, 0.25) is 6.29 Å². The van der Waals surface area contributed by atoms with Gasteiger partial charge >= 0.3 is 29.8 Å². The van der Waals surface area contributed by atoms with Crippen LogP contribution in [0.2, 0.25) is 0 Å². The fraction of sp³-hybridized carbons (Fsp3) is 0.407. The number of amides is 3. The van der Waals surface area contributed by atoms with Gasteiger partial charge in [0, 0.05) is 51.8 Å². The number of carbonyl (C=O) groups excluding carboxylic acids is 2. The van der Waals surface area contributed by atoms with Crippen LogP contribution >= 0.6 is 0 Å². The topological polar surface area (TPSA) is 239 Å². The zero-order valence-corrected chi connectivity index (χ0v) is 23.0. The zero-order valence-electron chi connectivity index (χ0n) is 23.0. The number of ether oxygens (including phenoxy) is 3. The number of aliphatic hydroxyl groups excluding tert-OH is 1. The molecule has 2 aromatic carbocycles. The first-order valence-electron chi connectivity index (χ1n) is 12.7. The van der Waals surface area contributed by atoms with E-state index in [1.54, 1.807) is 0 Å². The predicted molar refractivity (Wildman–Crippen MR) is 152 cm³/mol. The maximum absolute atomic E-state index is 12.4. The molecule has 0 spiro atoms. The molecule has 240 valence electrons. The molecule has 1 fully saturated rings. The van der Waals surface area contributed by atoms with Crippen molar-refractivity contribution in [2.45, 2.75) is 45.4 Å². The summed E-state index contributed by atoms with van der Waals surface area (Å²) in [5.41, 5.74) is -0.491. The maximum atomic E-state index is 12.4. The summed E-state index contributed by atoms with van der Waals surface area (Å²) in [6.45, 7) is -0.247. The maximum Gasteiger partial charge on any atom is 0.409 e. The van der Waals surface area contributed by atoms with Crippen LogP contribution in [0.15, 0.2) is 36.4 Å². The lowest BCUT2D eigenvalue weighted by Crippen LogP contribution is -2.42. The standard InChI is InChI=1S/C26H30N4O13.CH4/c1-28(25(37)27-15-4-5-19(32)17(10-15)23(33)34)7-8-29(2)26(38)41-13-14-3-6-20(18(9-14)30(39)40)42-22-12-16(31)11-21(43-22)24(35)36;/h3-6,9-10,16,21-22,31-32H,7-8,11-13H2,1-2H3,(H,27,37)(H,33,34)(H,35,36);1H4. The highest BCUT2D eigenvalue weighted by Gasteiger charge is 2.35. The third kappa shape index (κ3) is 9.43. The average molecular weight is 623 g/mol. The fourth-order valence-electron chi connectivity index (χ4n) is 3.88. The molecule has 3 rings (SSSR count). The summed E-state index contributed by atoms with van der Waals surface area (Å²) < 4.78 is 15.9. The first-order valence-corrected chi connectivity index (χ1v) is 12.7. The van der Waals surface area contributed by atoms with Gasteiger partial charge in [0.1, 0.15) is 17.9 Å². The molecule has 3 atom stereocenters. The van der Waals surface area contributed by atoms with Crippen LogP contribution in [0.3, 0.4) is 0 Å². The summed E-state index contributed by atoms with van der Waals surface area (Å²) in [4.78, 5) is 60.5. The number of aliphatic hydroxyl groups is 1. The Hall–Kier alpha value is -5.16. The van der Waals surface area contributed by atoms with Crippen molar-refractivity contribution in [2.24, 2.45) is 0 Å². The monoisotopic (exact) mass is 622 g/mol. The predicted octanol–water partition coefficient (Wildman–Crippen LogP) is 2.70. The number of urea groups is 1. The molecule has 17 heteroatoms. The van der Waals surface area contributed by atoms with E-state index in [2.05, 4.69) is 5.32 Å². The molecule has 0 radical (unpaired) electrons. The van der Waals surface area contributed by atoms with Gasteiger partial charge in [-0.25, -0.2) is 19.2 Å². The van der Waals surface area contributed by atoms with E-state index in [1.165, 1.54) is 42.1 Å². The highest BCUT2D eigenvalue weighted by Crippen LogP contribution is 2.32. The molecule has 5 N–H and O–H groups in total. The number of aromatic hydroxyl groups is 1. The Bertz CT molecular complexity index is 1390. The number of rotatable bonds is 11. The molecule has 0 bridgehead atoms. The van der Waals surface area contributed by atoms with Crippen molar-refractivity contribution in [3.05, 3.63) is 57.6 Å². The van der Waals surface area contributed by atoms with Gasteiger partial charge in [-0.05, 0) is 29.8 Å². The van der Waals surface area contributed by atoms with Gasteiger partial charge in [-0.3, -0.25) is 10.1 Å². The molecule has 0 aromatic heterocycles. The Kier molecular flexibility index (Phi) is 12.2. The number of nitrogens with zero attached hydrogens (tertiary/aromatic N) is 3. The number of nitro groups is 1. The van der Waals surface area contributed by atoms with Crippen molar-refractivity contribution in [1.82, 2.24) is 9.80 Å². The molecular weight excluding hydrogens is 588 g/mol. The van der Waals surface area contributed by atoms with Crippen molar-refractivity contribution >= 4 is 35.4 Å². The van der Waals surface area contributed by atoms with Gasteiger partial charge in [-0.2, -0.15) is 0 Å². The van der Waals surface area contributed by atoms with Crippen LogP contribution in [-0.4, -0.2) is 105 Å². The Morgan fingerprint density at radius 1 is 1.07 bits per heavy atom. The summed E-state index contributed by atoms with van der Waals surface area (Å²) in [5, 5.41) is 51.8. The number of benzene rings is 2. The summed E-state index contributed by atoms with van der Waals surface area (Å²) in [5.74, 6) is -3.35. The van der Waals surface area contributed by atoms with Crippen LogP contribution in [-0.2, 0) is 20.9 Å². The minimum absolute atomic E-state index is 0. The van der Waals surface area contributed by atoms with Gasteiger partial charge in [0.15, 0.2) is 11.9 Å². The number of aliphatic carboxylic acids is 1. The molecule has 2 aromatic rings. The molecule has 3 amide bonds. The second kappa shape index (κ2) is 15.4. The number of phenols is 1. The molecule has 3 unspecified atom stereocenters. The van der Waals surface area contributed by atoms with Crippen molar-refractivity contribution in [3.8, 4) is 11.5 Å². The molecule has 1 saturated heterocycles. The molecule has 17 nitrogen and oxygen atoms in total. The number of carboxylic acids is 2. The Morgan fingerprint density at radius 3 is 2.39 bits per heavy atom. The molecule has 1 heterocycles. The number of hydrogen-bond acceptors (Lipinski definition) is 11. The number of carbonyl (C=O) groups is 4. The highest BCUT2D eigenvalue weighted by atomic mass is 16.7. The Balaban J connectivity index is 0.00000675. The van der Waals surface area contributed by atoms with Crippen molar-refractivity contribution in [2.75, 3.05) is 32.5 Å². The Morgan fingerprint density at radius 2 is 1.75 bits per heavy atom. The molecule has 0 saturated carbocycles. The van der Waals surface area contributed by atoms with E-state index in [-0.39, 0.29) is 62.5 Å². The molecule has 0 aliphatic carbocycles.